The first-order valence-corrected chi connectivity index (χ1v) is 8.46. The lowest BCUT2D eigenvalue weighted by molar-refractivity contribution is 0.281. The summed E-state index contributed by atoms with van der Waals surface area (Å²) in [4.78, 5) is 4.25. The monoisotopic (exact) mass is 332 g/mol. The molecule has 1 heterocycles. The van der Waals surface area contributed by atoms with Crippen LogP contribution in [0.3, 0.4) is 0 Å². The van der Waals surface area contributed by atoms with E-state index in [4.69, 9.17) is 16.7 Å². The number of halogens is 1. The van der Waals surface area contributed by atoms with Crippen LogP contribution in [0.2, 0.25) is 5.02 Å². The Hall–Kier alpha value is -0.990. The van der Waals surface area contributed by atoms with Crippen molar-refractivity contribution in [1.82, 2.24) is 9.71 Å². The van der Waals surface area contributed by atoms with E-state index in [1.54, 1.807) is 5.38 Å². The largest absolute Gasteiger partial charge is 0.392 e. The molecular formula is C12H13ClN2O3S2. The molecule has 0 aliphatic heterocycles. The molecule has 0 saturated heterocycles. The van der Waals surface area contributed by atoms with Crippen LogP contribution in [-0.4, -0.2) is 18.5 Å². The summed E-state index contributed by atoms with van der Waals surface area (Å²) in [6.45, 7) is 1.67. The molecule has 108 valence electrons. The van der Waals surface area contributed by atoms with E-state index in [2.05, 4.69) is 9.71 Å². The molecule has 5 nitrogen and oxygen atoms in total. The average Bonchev–Trinajstić information content (AvgIpc) is 2.83. The molecule has 0 atom stereocenters. The fourth-order valence-corrected chi connectivity index (χ4v) is 3.42. The third-order valence-electron chi connectivity index (χ3n) is 2.61. The van der Waals surface area contributed by atoms with Crippen LogP contribution >= 0.6 is 22.9 Å². The lowest BCUT2D eigenvalue weighted by atomic mass is 10.2. The highest BCUT2D eigenvalue weighted by molar-refractivity contribution is 7.89. The molecule has 0 saturated carbocycles. The predicted octanol–water partition coefficient (Wildman–Crippen LogP) is 2.08. The van der Waals surface area contributed by atoms with Crippen molar-refractivity contribution in [3.63, 3.8) is 0 Å². The van der Waals surface area contributed by atoms with Gasteiger partial charge in [-0.3, -0.25) is 0 Å². The second-order valence-corrected chi connectivity index (χ2v) is 7.33. The summed E-state index contributed by atoms with van der Waals surface area (Å²) >= 11 is 7.30. The zero-order chi connectivity index (χ0) is 14.8. The third kappa shape index (κ3) is 3.56. The van der Waals surface area contributed by atoms with Crippen LogP contribution in [0.4, 0.5) is 0 Å². The summed E-state index contributed by atoms with van der Waals surface area (Å²) in [6, 6.07) is 4.21. The van der Waals surface area contributed by atoms with Crippen LogP contribution < -0.4 is 4.72 Å². The lowest BCUT2D eigenvalue weighted by Gasteiger charge is -2.08. The van der Waals surface area contributed by atoms with Gasteiger partial charge < -0.3 is 5.11 Å². The van der Waals surface area contributed by atoms with Crippen LogP contribution in [0.1, 0.15) is 16.3 Å². The number of benzene rings is 1. The molecule has 1 aromatic carbocycles. The maximum Gasteiger partial charge on any atom is 0.240 e. The van der Waals surface area contributed by atoms with Gasteiger partial charge in [-0.25, -0.2) is 18.1 Å². The fraction of sp³-hybridized carbons (Fsp3) is 0.250. The zero-order valence-electron chi connectivity index (χ0n) is 10.6. The normalized spacial score (nSPS) is 11.8. The van der Waals surface area contributed by atoms with Gasteiger partial charge in [0.25, 0.3) is 0 Å². The SMILES string of the molecule is Cc1nc(CNS(=O)(=O)c2ccc(Cl)c(CO)c2)cs1. The first kappa shape index (κ1) is 15.4. The van der Waals surface area contributed by atoms with Crippen molar-refractivity contribution < 1.29 is 13.5 Å². The Morgan fingerprint density at radius 1 is 1.45 bits per heavy atom. The number of hydrogen-bond donors (Lipinski definition) is 2. The van der Waals surface area contributed by atoms with E-state index < -0.39 is 10.0 Å². The van der Waals surface area contributed by atoms with E-state index in [9.17, 15) is 8.42 Å². The maximum atomic E-state index is 12.1. The van der Waals surface area contributed by atoms with Gasteiger partial charge in [-0.2, -0.15) is 0 Å². The van der Waals surface area contributed by atoms with E-state index in [0.717, 1.165) is 5.01 Å². The Kier molecular flexibility index (Phi) is 4.77. The van der Waals surface area contributed by atoms with Crippen molar-refractivity contribution in [2.24, 2.45) is 0 Å². The van der Waals surface area contributed by atoms with Crippen molar-refractivity contribution in [3.05, 3.63) is 44.9 Å². The smallest absolute Gasteiger partial charge is 0.240 e. The summed E-state index contributed by atoms with van der Waals surface area (Å²) in [7, 11) is -3.65. The minimum atomic E-state index is -3.65. The highest BCUT2D eigenvalue weighted by Crippen LogP contribution is 2.20. The number of aryl methyl sites for hydroxylation is 1. The van der Waals surface area contributed by atoms with E-state index in [1.165, 1.54) is 29.5 Å². The van der Waals surface area contributed by atoms with E-state index in [1.807, 2.05) is 6.92 Å². The van der Waals surface area contributed by atoms with Gasteiger partial charge in [-0.15, -0.1) is 11.3 Å². The molecular weight excluding hydrogens is 320 g/mol. The zero-order valence-corrected chi connectivity index (χ0v) is 13.0. The molecule has 2 N–H and O–H groups in total. The van der Waals surface area contributed by atoms with Crippen molar-refractivity contribution in [1.29, 1.82) is 0 Å². The van der Waals surface area contributed by atoms with E-state index in [-0.39, 0.29) is 18.0 Å². The van der Waals surface area contributed by atoms with Gasteiger partial charge >= 0.3 is 0 Å². The summed E-state index contributed by atoms with van der Waals surface area (Å²) in [5.74, 6) is 0. The summed E-state index contributed by atoms with van der Waals surface area (Å²) in [5.41, 5.74) is 1.05. The quantitative estimate of drug-likeness (QED) is 0.878. The molecule has 1 aromatic heterocycles. The van der Waals surface area contributed by atoms with Crippen LogP contribution in [0.15, 0.2) is 28.5 Å². The van der Waals surface area contributed by atoms with Crippen molar-refractivity contribution in [3.8, 4) is 0 Å². The highest BCUT2D eigenvalue weighted by Gasteiger charge is 2.16. The molecule has 0 aliphatic rings. The predicted molar refractivity (Wildman–Crippen MR) is 78.3 cm³/mol. The number of sulfonamides is 1. The van der Waals surface area contributed by atoms with Gasteiger partial charge in [-0.1, -0.05) is 11.6 Å². The number of thiazole rings is 1. The Balaban J connectivity index is 2.17. The topological polar surface area (TPSA) is 79.3 Å². The summed E-state index contributed by atoms with van der Waals surface area (Å²) < 4.78 is 26.7. The number of aliphatic hydroxyl groups excluding tert-OH is 1. The number of nitrogens with zero attached hydrogens (tertiary/aromatic N) is 1. The Morgan fingerprint density at radius 2 is 2.20 bits per heavy atom. The van der Waals surface area contributed by atoms with Gasteiger partial charge in [0, 0.05) is 10.4 Å². The number of nitrogens with one attached hydrogen (secondary N) is 1. The van der Waals surface area contributed by atoms with Crippen LogP contribution in [0, 0.1) is 6.92 Å². The molecule has 0 aliphatic carbocycles. The molecule has 2 aromatic rings. The van der Waals surface area contributed by atoms with Gasteiger partial charge in [0.05, 0.1) is 28.7 Å². The summed E-state index contributed by atoms with van der Waals surface area (Å²) in [6.07, 6.45) is 0. The Bertz CT molecular complexity index is 713. The van der Waals surface area contributed by atoms with E-state index >= 15 is 0 Å². The number of aromatic nitrogens is 1. The van der Waals surface area contributed by atoms with Crippen molar-refractivity contribution >= 4 is 33.0 Å². The molecule has 0 radical (unpaired) electrons. The minimum Gasteiger partial charge on any atom is -0.392 e. The minimum absolute atomic E-state index is 0.0675. The fourth-order valence-electron chi connectivity index (χ4n) is 1.58. The third-order valence-corrected chi connectivity index (χ3v) is 5.20. The summed E-state index contributed by atoms with van der Waals surface area (Å²) in [5, 5.41) is 12.1. The maximum absolute atomic E-state index is 12.1. The van der Waals surface area contributed by atoms with Crippen LogP contribution in [0.25, 0.3) is 0 Å². The lowest BCUT2D eigenvalue weighted by Crippen LogP contribution is -2.23. The number of hydrogen-bond acceptors (Lipinski definition) is 5. The number of aliphatic hydroxyl groups is 1. The van der Waals surface area contributed by atoms with Gasteiger partial charge in [0.15, 0.2) is 0 Å². The van der Waals surface area contributed by atoms with Crippen LogP contribution in [0.5, 0.6) is 0 Å². The second kappa shape index (κ2) is 6.19. The number of rotatable bonds is 5. The standard InChI is InChI=1S/C12H13ClN2O3S2/c1-8-15-10(7-19-8)5-14-20(17,18)11-2-3-12(13)9(4-11)6-16/h2-4,7,14,16H,5-6H2,1H3. The molecule has 0 bridgehead atoms. The molecule has 2 rings (SSSR count). The van der Waals surface area contributed by atoms with Crippen molar-refractivity contribution in [2.75, 3.05) is 0 Å². The first-order chi connectivity index (χ1) is 9.42. The Labute approximate surface area is 126 Å². The van der Waals surface area contributed by atoms with E-state index in [0.29, 0.717) is 16.3 Å². The molecule has 0 unspecified atom stereocenters. The Morgan fingerprint density at radius 3 is 2.80 bits per heavy atom. The second-order valence-electron chi connectivity index (χ2n) is 4.09. The molecule has 0 amide bonds. The first-order valence-electron chi connectivity index (χ1n) is 5.72. The van der Waals surface area contributed by atoms with Gasteiger partial charge in [0.2, 0.25) is 10.0 Å². The molecule has 20 heavy (non-hydrogen) atoms. The van der Waals surface area contributed by atoms with Crippen LogP contribution in [-0.2, 0) is 23.2 Å². The van der Waals surface area contributed by atoms with Crippen molar-refractivity contribution in [2.45, 2.75) is 25.0 Å². The molecule has 0 spiro atoms. The van der Waals surface area contributed by atoms with Gasteiger partial charge in [-0.05, 0) is 30.7 Å². The molecule has 8 heteroatoms. The average molecular weight is 333 g/mol. The highest BCUT2D eigenvalue weighted by atomic mass is 35.5. The van der Waals surface area contributed by atoms with Gasteiger partial charge in [0.1, 0.15) is 0 Å². The molecule has 0 fully saturated rings.